The fraction of sp³-hybridized carbons (Fsp3) is 0.125. The Morgan fingerprint density at radius 3 is 2.77 bits per heavy atom. The quantitative estimate of drug-likeness (QED) is 0.681. The van der Waals surface area contributed by atoms with Crippen LogP contribution in [0.15, 0.2) is 17.0 Å². The zero-order chi connectivity index (χ0) is 10.0. The van der Waals surface area contributed by atoms with Crippen molar-refractivity contribution in [2.45, 2.75) is 11.8 Å². The second-order valence-electron chi connectivity index (χ2n) is 2.46. The van der Waals surface area contributed by atoms with Gasteiger partial charge in [0.2, 0.25) is 0 Å². The van der Waals surface area contributed by atoms with Gasteiger partial charge in [0.1, 0.15) is 0 Å². The monoisotopic (exact) mass is 201 g/mol. The van der Waals surface area contributed by atoms with Gasteiger partial charge >= 0.3 is 6.09 Å². The lowest BCUT2D eigenvalue weighted by atomic mass is 10.2. The van der Waals surface area contributed by atoms with Crippen LogP contribution in [0.5, 0.6) is 5.75 Å². The average Bonchev–Trinajstić information content (AvgIpc) is 2.06. The predicted molar refractivity (Wildman–Crippen MR) is 48.6 cm³/mol. The Morgan fingerprint density at radius 1 is 1.62 bits per heavy atom. The van der Waals surface area contributed by atoms with Crippen LogP contribution >= 0.6 is 12.6 Å². The molecule has 0 saturated carbocycles. The second-order valence-corrected chi connectivity index (χ2v) is 2.91. The fourth-order valence-corrected chi connectivity index (χ4v) is 1.01. The summed E-state index contributed by atoms with van der Waals surface area (Å²) in [6.07, 6.45) is -1.05. The average molecular weight is 201 g/mol. The van der Waals surface area contributed by atoms with Gasteiger partial charge in [0.25, 0.3) is 0 Å². The van der Waals surface area contributed by atoms with E-state index in [2.05, 4.69) is 17.4 Å². The Labute approximate surface area is 80.1 Å². The Balaban J connectivity index is 3.10. The van der Waals surface area contributed by atoms with Gasteiger partial charge in [-0.15, -0.1) is 12.6 Å². The minimum Gasteiger partial charge on any atom is -0.407 e. The van der Waals surface area contributed by atoms with Crippen molar-refractivity contribution in [3.63, 3.8) is 0 Å². The van der Waals surface area contributed by atoms with Gasteiger partial charge in [-0.3, -0.25) is 0 Å². The summed E-state index contributed by atoms with van der Waals surface area (Å²) in [5.41, 5.74) is 5.39. The minimum atomic E-state index is -1.05. The molecule has 0 aliphatic heterocycles. The van der Waals surface area contributed by atoms with E-state index in [0.717, 1.165) is 0 Å². The van der Waals surface area contributed by atoms with Crippen LogP contribution in [0.25, 0.3) is 0 Å². The maximum atomic E-state index is 13.2. The van der Waals surface area contributed by atoms with Gasteiger partial charge in [-0.05, 0) is 18.6 Å². The van der Waals surface area contributed by atoms with E-state index in [4.69, 9.17) is 5.73 Å². The molecule has 0 bridgehead atoms. The first-order chi connectivity index (χ1) is 6.02. The molecule has 70 valence electrons. The summed E-state index contributed by atoms with van der Waals surface area (Å²) in [7, 11) is 0. The van der Waals surface area contributed by atoms with E-state index in [-0.39, 0.29) is 10.6 Å². The molecule has 0 aliphatic carbocycles. The number of aryl methyl sites for hydroxylation is 1. The molecule has 5 heteroatoms. The highest BCUT2D eigenvalue weighted by atomic mass is 32.1. The summed E-state index contributed by atoms with van der Waals surface area (Å²) in [6, 6.07) is 2.92. The SMILES string of the molecule is Cc1ccc(OC(N)=O)c(F)c1S. The third kappa shape index (κ3) is 2.12. The molecule has 3 nitrogen and oxygen atoms in total. The summed E-state index contributed by atoms with van der Waals surface area (Å²) in [6.45, 7) is 1.69. The van der Waals surface area contributed by atoms with E-state index < -0.39 is 11.9 Å². The zero-order valence-corrected chi connectivity index (χ0v) is 7.77. The van der Waals surface area contributed by atoms with E-state index in [9.17, 15) is 9.18 Å². The summed E-state index contributed by atoms with van der Waals surface area (Å²) in [5, 5.41) is 0. The van der Waals surface area contributed by atoms with Crippen LogP contribution in [0.4, 0.5) is 9.18 Å². The molecule has 0 heterocycles. The Hall–Kier alpha value is -1.23. The molecule has 1 aromatic rings. The number of primary amides is 1. The number of carbonyl (C=O) groups excluding carboxylic acids is 1. The molecular formula is C8H8FNO2S. The predicted octanol–water partition coefficient (Wildman–Crippen LogP) is 1.88. The molecule has 0 atom stereocenters. The third-order valence-corrected chi connectivity index (χ3v) is 2.04. The first-order valence-corrected chi connectivity index (χ1v) is 3.92. The first kappa shape index (κ1) is 9.85. The molecular weight excluding hydrogens is 193 g/mol. The second kappa shape index (κ2) is 3.66. The van der Waals surface area contributed by atoms with E-state index in [1.165, 1.54) is 6.07 Å². The summed E-state index contributed by atoms with van der Waals surface area (Å²) < 4.78 is 17.6. The molecule has 2 N–H and O–H groups in total. The maximum Gasteiger partial charge on any atom is 0.410 e. The van der Waals surface area contributed by atoms with Gasteiger partial charge < -0.3 is 10.5 Å². The van der Waals surface area contributed by atoms with Gasteiger partial charge in [0.15, 0.2) is 11.6 Å². The lowest BCUT2D eigenvalue weighted by Gasteiger charge is -2.05. The van der Waals surface area contributed by atoms with Crippen molar-refractivity contribution in [3.8, 4) is 5.75 Å². The van der Waals surface area contributed by atoms with Gasteiger partial charge in [0.05, 0.1) is 0 Å². The topological polar surface area (TPSA) is 52.3 Å². The van der Waals surface area contributed by atoms with Gasteiger partial charge in [-0.1, -0.05) is 6.07 Å². The number of nitrogens with two attached hydrogens (primary N) is 1. The number of carbonyl (C=O) groups is 1. The van der Waals surface area contributed by atoms with Gasteiger partial charge in [-0.25, -0.2) is 9.18 Å². The van der Waals surface area contributed by atoms with E-state index in [0.29, 0.717) is 5.56 Å². The van der Waals surface area contributed by atoms with Crippen LogP contribution in [-0.4, -0.2) is 6.09 Å². The van der Waals surface area contributed by atoms with Gasteiger partial charge in [-0.2, -0.15) is 0 Å². The molecule has 0 saturated heterocycles. The normalized spacial score (nSPS) is 9.77. The highest BCUT2D eigenvalue weighted by molar-refractivity contribution is 7.80. The van der Waals surface area contributed by atoms with Gasteiger partial charge in [0, 0.05) is 4.90 Å². The maximum absolute atomic E-state index is 13.2. The highest BCUT2D eigenvalue weighted by Gasteiger charge is 2.10. The molecule has 0 aromatic heterocycles. The number of hydrogen-bond acceptors (Lipinski definition) is 3. The van der Waals surface area contributed by atoms with E-state index >= 15 is 0 Å². The lowest BCUT2D eigenvalue weighted by molar-refractivity contribution is 0.208. The van der Waals surface area contributed by atoms with Crippen molar-refractivity contribution in [2.24, 2.45) is 5.73 Å². The molecule has 0 fully saturated rings. The molecule has 1 rings (SSSR count). The Kier molecular flexibility index (Phi) is 2.77. The van der Waals surface area contributed by atoms with Crippen molar-refractivity contribution in [2.75, 3.05) is 0 Å². The van der Waals surface area contributed by atoms with Crippen LogP contribution in [0.1, 0.15) is 5.56 Å². The number of halogens is 1. The van der Waals surface area contributed by atoms with Crippen LogP contribution in [0.2, 0.25) is 0 Å². The minimum absolute atomic E-state index is 0.152. The van der Waals surface area contributed by atoms with E-state index in [1.807, 2.05) is 0 Å². The van der Waals surface area contributed by atoms with Crippen molar-refractivity contribution in [3.05, 3.63) is 23.5 Å². The summed E-state index contributed by atoms with van der Waals surface area (Å²) >= 11 is 3.90. The molecule has 13 heavy (non-hydrogen) atoms. The summed E-state index contributed by atoms with van der Waals surface area (Å²) in [4.78, 5) is 10.5. The molecule has 0 radical (unpaired) electrons. The van der Waals surface area contributed by atoms with E-state index in [1.54, 1.807) is 13.0 Å². The Morgan fingerprint density at radius 2 is 2.23 bits per heavy atom. The van der Waals surface area contributed by atoms with Crippen molar-refractivity contribution in [1.29, 1.82) is 0 Å². The van der Waals surface area contributed by atoms with Crippen molar-refractivity contribution < 1.29 is 13.9 Å². The van der Waals surface area contributed by atoms with Crippen LogP contribution in [-0.2, 0) is 0 Å². The lowest BCUT2D eigenvalue weighted by Crippen LogP contribution is -2.17. The fourth-order valence-electron chi connectivity index (χ4n) is 0.830. The zero-order valence-electron chi connectivity index (χ0n) is 6.87. The molecule has 1 aromatic carbocycles. The third-order valence-electron chi connectivity index (χ3n) is 1.49. The number of benzene rings is 1. The number of thiol groups is 1. The van der Waals surface area contributed by atoms with Crippen LogP contribution in [0.3, 0.4) is 0 Å². The van der Waals surface area contributed by atoms with Crippen molar-refractivity contribution >= 4 is 18.7 Å². The number of amides is 1. The smallest absolute Gasteiger partial charge is 0.407 e. The number of rotatable bonds is 1. The molecule has 0 aliphatic rings. The number of hydrogen-bond donors (Lipinski definition) is 2. The molecule has 0 unspecified atom stereocenters. The van der Waals surface area contributed by atoms with Crippen LogP contribution in [0, 0.1) is 12.7 Å². The Bertz CT molecular complexity index is 354. The summed E-state index contributed by atoms with van der Waals surface area (Å²) in [5.74, 6) is -0.884. The van der Waals surface area contributed by atoms with Crippen LogP contribution < -0.4 is 10.5 Å². The van der Waals surface area contributed by atoms with Crippen molar-refractivity contribution in [1.82, 2.24) is 0 Å². The molecule has 1 amide bonds. The standard InChI is InChI=1S/C8H8FNO2S/c1-4-2-3-5(12-8(10)11)6(9)7(4)13/h2-3,13H,1H3,(H2,10,11). The first-order valence-electron chi connectivity index (χ1n) is 3.47. The number of ether oxygens (including phenoxy) is 1. The highest BCUT2D eigenvalue weighted by Crippen LogP contribution is 2.26. The molecule has 0 spiro atoms. The largest absolute Gasteiger partial charge is 0.410 e.